The molecular formula is C12H16FNO3S. The van der Waals surface area contributed by atoms with Crippen LogP contribution < -0.4 is 0 Å². The van der Waals surface area contributed by atoms with Crippen molar-refractivity contribution in [2.45, 2.75) is 19.1 Å². The van der Waals surface area contributed by atoms with Gasteiger partial charge in [-0.15, -0.1) is 0 Å². The summed E-state index contributed by atoms with van der Waals surface area (Å²) in [6.45, 7) is 2.06. The summed E-state index contributed by atoms with van der Waals surface area (Å²) in [6.07, 6.45) is 1.50. The third-order valence-corrected chi connectivity index (χ3v) is 3.48. The lowest BCUT2D eigenvalue weighted by Gasteiger charge is -2.15. The molecule has 1 fully saturated rings. The zero-order valence-electron chi connectivity index (χ0n) is 10.2. The number of likely N-dealkylation sites (tertiary alicyclic amines) is 1. The standard InChI is InChI=1S/C12H16FNO3S/c1-18(15,16)17-12-6-7-14(9-12)8-10-2-4-11(13)5-3-10/h2-5,12H,6-9H2,1H3. The molecule has 1 aliphatic rings. The Bertz CT molecular complexity index is 501. The number of hydrogen-bond donors (Lipinski definition) is 0. The number of hydrogen-bond acceptors (Lipinski definition) is 4. The Morgan fingerprint density at radius 3 is 2.67 bits per heavy atom. The predicted octanol–water partition coefficient (Wildman–Crippen LogP) is 1.38. The molecule has 0 spiro atoms. The Morgan fingerprint density at radius 1 is 1.39 bits per heavy atom. The van der Waals surface area contributed by atoms with Crippen molar-refractivity contribution in [2.24, 2.45) is 0 Å². The molecule has 0 bridgehead atoms. The first kappa shape index (κ1) is 13.5. The molecule has 1 aromatic rings. The van der Waals surface area contributed by atoms with E-state index in [2.05, 4.69) is 4.90 Å². The van der Waals surface area contributed by atoms with Gasteiger partial charge in [0.25, 0.3) is 10.1 Å². The van der Waals surface area contributed by atoms with E-state index in [0.717, 1.165) is 18.4 Å². The molecule has 6 heteroatoms. The van der Waals surface area contributed by atoms with Gasteiger partial charge in [0.05, 0.1) is 12.4 Å². The second-order valence-corrected chi connectivity index (χ2v) is 6.17. The van der Waals surface area contributed by atoms with Crippen LogP contribution in [0.2, 0.25) is 0 Å². The van der Waals surface area contributed by atoms with Crippen LogP contribution in [0, 0.1) is 5.82 Å². The van der Waals surface area contributed by atoms with Crippen molar-refractivity contribution >= 4 is 10.1 Å². The molecule has 1 saturated heterocycles. The summed E-state index contributed by atoms with van der Waals surface area (Å²) < 4.78 is 39.7. The Kier molecular flexibility index (Phi) is 3.99. The summed E-state index contributed by atoms with van der Waals surface area (Å²) in [5.41, 5.74) is 1.01. The van der Waals surface area contributed by atoms with Gasteiger partial charge in [0.1, 0.15) is 5.82 Å². The quantitative estimate of drug-likeness (QED) is 0.778. The van der Waals surface area contributed by atoms with Gasteiger partial charge in [-0.1, -0.05) is 12.1 Å². The molecular weight excluding hydrogens is 257 g/mol. The van der Waals surface area contributed by atoms with Crippen molar-refractivity contribution in [3.05, 3.63) is 35.6 Å². The second-order valence-electron chi connectivity index (χ2n) is 4.57. The lowest BCUT2D eigenvalue weighted by Crippen LogP contribution is -2.24. The average molecular weight is 273 g/mol. The van der Waals surface area contributed by atoms with Crippen LogP contribution in [0.25, 0.3) is 0 Å². The van der Waals surface area contributed by atoms with Gasteiger partial charge in [0.2, 0.25) is 0 Å². The van der Waals surface area contributed by atoms with Gasteiger partial charge in [0.15, 0.2) is 0 Å². The maximum Gasteiger partial charge on any atom is 0.264 e. The molecule has 1 heterocycles. The van der Waals surface area contributed by atoms with Crippen LogP contribution in [-0.2, 0) is 20.8 Å². The highest BCUT2D eigenvalue weighted by molar-refractivity contribution is 7.86. The predicted molar refractivity (Wildman–Crippen MR) is 66.0 cm³/mol. The Morgan fingerprint density at radius 2 is 2.06 bits per heavy atom. The van der Waals surface area contributed by atoms with Crippen molar-refractivity contribution in [1.82, 2.24) is 4.90 Å². The molecule has 100 valence electrons. The monoisotopic (exact) mass is 273 g/mol. The molecule has 4 nitrogen and oxygen atoms in total. The third-order valence-electron chi connectivity index (χ3n) is 2.86. The van der Waals surface area contributed by atoms with Crippen LogP contribution in [0.15, 0.2) is 24.3 Å². The van der Waals surface area contributed by atoms with E-state index in [0.29, 0.717) is 19.5 Å². The number of rotatable bonds is 4. The summed E-state index contributed by atoms with van der Waals surface area (Å²) in [5, 5.41) is 0. The molecule has 1 aromatic carbocycles. The first-order valence-electron chi connectivity index (χ1n) is 5.77. The maximum atomic E-state index is 12.7. The van der Waals surface area contributed by atoms with Gasteiger partial charge in [-0.05, 0) is 24.1 Å². The Hall–Kier alpha value is -0.980. The van der Waals surface area contributed by atoms with E-state index >= 15 is 0 Å². The van der Waals surface area contributed by atoms with E-state index in [9.17, 15) is 12.8 Å². The summed E-state index contributed by atoms with van der Waals surface area (Å²) in [6, 6.07) is 6.33. The van der Waals surface area contributed by atoms with Crippen LogP contribution in [0.4, 0.5) is 4.39 Å². The van der Waals surface area contributed by atoms with Crippen molar-refractivity contribution in [3.8, 4) is 0 Å². The van der Waals surface area contributed by atoms with Crippen LogP contribution in [0.5, 0.6) is 0 Å². The van der Waals surface area contributed by atoms with Gasteiger partial charge in [0, 0.05) is 19.6 Å². The summed E-state index contributed by atoms with van der Waals surface area (Å²) in [7, 11) is -3.39. The van der Waals surface area contributed by atoms with Gasteiger partial charge in [-0.3, -0.25) is 9.08 Å². The number of nitrogens with zero attached hydrogens (tertiary/aromatic N) is 1. The summed E-state index contributed by atoms with van der Waals surface area (Å²) in [4.78, 5) is 2.10. The van der Waals surface area contributed by atoms with Crippen LogP contribution in [0.3, 0.4) is 0 Å². The van der Waals surface area contributed by atoms with E-state index in [-0.39, 0.29) is 11.9 Å². The largest absolute Gasteiger partial charge is 0.296 e. The maximum absolute atomic E-state index is 12.7. The fourth-order valence-electron chi connectivity index (χ4n) is 2.11. The zero-order chi connectivity index (χ0) is 13.2. The molecule has 0 aliphatic carbocycles. The first-order valence-corrected chi connectivity index (χ1v) is 7.59. The molecule has 0 saturated carbocycles. The normalized spacial score (nSPS) is 21.3. The van der Waals surface area contributed by atoms with Crippen LogP contribution in [0.1, 0.15) is 12.0 Å². The molecule has 18 heavy (non-hydrogen) atoms. The molecule has 2 rings (SSSR count). The van der Waals surface area contributed by atoms with Gasteiger partial charge in [-0.25, -0.2) is 4.39 Å². The molecule has 0 aromatic heterocycles. The molecule has 1 unspecified atom stereocenters. The third kappa shape index (κ3) is 4.04. The fourth-order valence-corrected chi connectivity index (χ4v) is 2.77. The van der Waals surface area contributed by atoms with Crippen molar-refractivity contribution in [1.29, 1.82) is 0 Å². The van der Waals surface area contributed by atoms with E-state index in [4.69, 9.17) is 4.18 Å². The van der Waals surface area contributed by atoms with Crippen molar-refractivity contribution in [2.75, 3.05) is 19.3 Å². The van der Waals surface area contributed by atoms with Gasteiger partial charge >= 0.3 is 0 Å². The highest BCUT2D eigenvalue weighted by Crippen LogP contribution is 2.17. The number of benzene rings is 1. The summed E-state index contributed by atoms with van der Waals surface area (Å²) in [5.74, 6) is -0.251. The lowest BCUT2D eigenvalue weighted by molar-refractivity contribution is 0.207. The van der Waals surface area contributed by atoms with Gasteiger partial charge in [-0.2, -0.15) is 8.42 Å². The van der Waals surface area contributed by atoms with Crippen LogP contribution in [-0.4, -0.2) is 38.8 Å². The first-order chi connectivity index (χ1) is 8.42. The minimum absolute atomic E-state index is 0.251. The van der Waals surface area contributed by atoms with E-state index < -0.39 is 10.1 Å². The van der Waals surface area contributed by atoms with Crippen molar-refractivity contribution in [3.63, 3.8) is 0 Å². The smallest absolute Gasteiger partial charge is 0.264 e. The molecule has 0 amide bonds. The SMILES string of the molecule is CS(=O)(=O)OC1CCN(Cc2ccc(F)cc2)C1. The molecule has 1 aliphatic heterocycles. The van der Waals surface area contributed by atoms with E-state index in [1.807, 2.05) is 0 Å². The molecule has 0 radical (unpaired) electrons. The van der Waals surface area contributed by atoms with Crippen LogP contribution >= 0.6 is 0 Å². The average Bonchev–Trinajstić information content (AvgIpc) is 2.66. The Balaban J connectivity index is 1.88. The minimum Gasteiger partial charge on any atom is -0.296 e. The topological polar surface area (TPSA) is 46.6 Å². The van der Waals surface area contributed by atoms with E-state index in [1.165, 1.54) is 12.1 Å². The van der Waals surface area contributed by atoms with E-state index in [1.54, 1.807) is 12.1 Å². The fraction of sp³-hybridized carbons (Fsp3) is 0.500. The van der Waals surface area contributed by atoms with Gasteiger partial charge < -0.3 is 0 Å². The zero-order valence-corrected chi connectivity index (χ0v) is 11.0. The second kappa shape index (κ2) is 5.34. The molecule has 1 atom stereocenters. The van der Waals surface area contributed by atoms with Crippen molar-refractivity contribution < 1.29 is 17.0 Å². The highest BCUT2D eigenvalue weighted by Gasteiger charge is 2.25. The Labute approximate surface area is 106 Å². The molecule has 0 N–H and O–H groups in total. The lowest BCUT2D eigenvalue weighted by atomic mass is 10.2. The minimum atomic E-state index is -3.39. The highest BCUT2D eigenvalue weighted by atomic mass is 32.2. The number of halogens is 1. The summed E-state index contributed by atoms with van der Waals surface area (Å²) >= 11 is 0.